The molecule has 14 atom stereocenters. The van der Waals surface area contributed by atoms with Gasteiger partial charge in [-0.25, -0.2) is 9.78 Å². The molecule has 14 nitrogen and oxygen atoms in total. The van der Waals surface area contributed by atoms with Crippen molar-refractivity contribution in [1.82, 2.24) is 19.4 Å². The van der Waals surface area contributed by atoms with Gasteiger partial charge in [0.15, 0.2) is 11.9 Å². The molecule has 2 aromatic rings. The Morgan fingerprint density at radius 1 is 0.947 bits per heavy atom. The number of nitrogens with zero attached hydrogens (tertiary/aromatic N) is 4. The number of imidazole rings is 1. The highest BCUT2D eigenvalue weighted by molar-refractivity contribution is 5.90. The number of fused-ring (bicyclic) bond motifs is 8. The lowest BCUT2D eigenvalue weighted by atomic mass is 9.68. The van der Waals surface area contributed by atoms with Crippen LogP contribution in [-0.4, -0.2) is 117 Å². The Bertz CT molecular complexity index is 1770. The van der Waals surface area contributed by atoms with Crippen molar-refractivity contribution >= 4 is 17.8 Å². The maximum Gasteiger partial charge on any atom is 0.410 e. The van der Waals surface area contributed by atoms with E-state index in [1.807, 2.05) is 51.4 Å². The Hall–Kier alpha value is -3.43. The molecule has 1 amide bonds. The van der Waals surface area contributed by atoms with Gasteiger partial charge >= 0.3 is 12.1 Å². The van der Waals surface area contributed by atoms with E-state index >= 15 is 4.79 Å². The van der Waals surface area contributed by atoms with Gasteiger partial charge in [0.1, 0.15) is 18.0 Å². The second-order valence-electron chi connectivity index (χ2n) is 17.7. The van der Waals surface area contributed by atoms with E-state index in [-0.39, 0.29) is 30.5 Å². The van der Waals surface area contributed by atoms with Crippen LogP contribution in [0.3, 0.4) is 0 Å². The Morgan fingerprint density at radius 2 is 1.65 bits per heavy atom. The number of ketones is 1. The summed E-state index contributed by atoms with van der Waals surface area (Å²) in [5, 5.41) is 11.0. The Balaban J connectivity index is 1.51. The average Bonchev–Trinajstić information content (AvgIpc) is 3.77. The molecule has 14 heteroatoms. The minimum Gasteiger partial charge on any atom is -0.458 e. The molecular formula is C43H64N4O10. The molecule has 3 fully saturated rings. The Labute approximate surface area is 337 Å². The molecule has 6 heterocycles. The lowest BCUT2D eigenvalue weighted by molar-refractivity contribution is -0.298. The van der Waals surface area contributed by atoms with Gasteiger partial charge in [-0.05, 0) is 83.8 Å². The second kappa shape index (κ2) is 16.7. The van der Waals surface area contributed by atoms with Crippen molar-refractivity contribution in [2.24, 2.45) is 23.7 Å². The first kappa shape index (κ1) is 43.2. The quantitative estimate of drug-likeness (QED) is 0.356. The van der Waals surface area contributed by atoms with Gasteiger partial charge in [-0.15, -0.1) is 0 Å². The predicted molar refractivity (Wildman–Crippen MR) is 210 cm³/mol. The summed E-state index contributed by atoms with van der Waals surface area (Å²) in [5.41, 5.74) is -0.998. The topological polar surface area (TPSA) is 161 Å². The zero-order chi connectivity index (χ0) is 41.6. The fourth-order valence-electron chi connectivity index (χ4n) is 9.99. The monoisotopic (exact) mass is 796 g/mol. The number of hydrogen-bond donors (Lipinski definition) is 1. The SMILES string of the molecule is CC[C@H]1OC(=O)[C@H](C)[C@@H](O[C@H]2C[C@@](C)(OC)[C@@H](O)[C@H](C)O2)[C@H](C)[C@@H](C)[C@](C)(OC)C[C@@H]2C(=O)[C@H](C)[C@H]3N(CCCCn4cnc(c4)-c4cncc2c4)C(=O)O[C@]13C. The van der Waals surface area contributed by atoms with Crippen LogP contribution in [0.25, 0.3) is 11.3 Å². The van der Waals surface area contributed by atoms with Crippen molar-refractivity contribution in [3.05, 3.63) is 36.5 Å². The number of cyclic esters (lactones) is 1. The molecule has 4 aliphatic rings. The summed E-state index contributed by atoms with van der Waals surface area (Å²) in [4.78, 5) is 55.0. The summed E-state index contributed by atoms with van der Waals surface area (Å²) in [6.07, 6.45) is 4.99. The highest BCUT2D eigenvalue weighted by Gasteiger charge is 2.60. The number of rotatable bonds is 5. The number of methoxy groups -OCH3 is 2. The Kier molecular flexibility index (Phi) is 12.6. The van der Waals surface area contributed by atoms with Crippen molar-refractivity contribution in [2.45, 2.75) is 160 Å². The minimum absolute atomic E-state index is 0.0987. The van der Waals surface area contributed by atoms with E-state index in [0.29, 0.717) is 31.5 Å². The van der Waals surface area contributed by atoms with E-state index in [9.17, 15) is 14.7 Å². The molecule has 0 spiro atoms. The van der Waals surface area contributed by atoms with Crippen LogP contribution < -0.4 is 0 Å². The number of aromatic nitrogens is 3. The van der Waals surface area contributed by atoms with E-state index in [1.165, 1.54) is 0 Å². The van der Waals surface area contributed by atoms with Crippen molar-refractivity contribution in [3.8, 4) is 11.3 Å². The zero-order valence-electron chi connectivity index (χ0n) is 35.6. The van der Waals surface area contributed by atoms with Gasteiger partial charge in [0.05, 0.1) is 47.4 Å². The standard InChI is InChI=1S/C43H64N4O10/c1-12-33-43(9)37-25(3)35(48)31(29-17-30(21-44-20-29)32-22-46(23-45-32)15-13-14-16-47(37)40(51)57-43)18-41(7,52-10)27(5)24(2)36(26(4)39(50)55-33)56-34-19-42(8,53-11)38(49)28(6)54-34/h17,20-28,31,33-34,36-38,49H,12-16,18-19H2,1-11H3/t24-,25+,26-,27-,28+,31+,33-,34+,36+,37-,38+,41-,42-,43-/m1/s1. The summed E-state index contributed by atoms with van der Waals surface area (Å²) in [5.74, 6) is -3.52. The summed E-state index contributed by atoms with van der Waals surface area (Å²) in [6.45, 7) is 18.0. The molecule has 316 valence electrons. The zero-order valence-corrected chi connectivity index (χ0v) is 35.6. The number of Topliss-reactive ketones (excluding diaryl/α,β-unsaturated/α-hetero) is 1. The van der Waals surface area contributed by atoms with Crippen molar-refractivity contribution in [3.63, 3.8) is 0 Å². The maximum absolute atomic E-state index is 15.4. The van der Waals surface area contributed by atoms with E-state index < -0.39 is 83.4 Å². The van der Waals surface area contributed by atoms with E-state index in [2.05, 4.69) is 16.9 Å². The van der Waals surface area contributed by atoms with Crippen LogP contribution in [0, 0.1) is 23.7 Å². The van der Waals surface area contributed by atoms with E-state index in [1.54, 1.807) is 58.6 Å². The van der Waals surface area contributed by atoms with Crippen molar-refractivity contribution < 1.29 is 47.9 Å². The van der Waals surface area contributed by atoms with Gasteiger partial charge in [-0.3, -0.25) is 14.6 Å². The fourth-order valence-corrected chi connectivity index (χ4v) is 9.99. The summed E-state index contributed by atoms with van der Waals surface area (Å²) in [6, 6.07) is 1.24. The number of carbonyl (C=O) groups excluding carboxylic acids is 3. The number of aliphatic hydroxyl groups is 1. The number of aryl methyl sites for hydroxylation is 1. The number of ether oxygens (including phenoxy) is 6. The first-order valence-corrected chi connectivity index (χ1v) is 20.7. The third-order valence-electron chi connectivity index (χ3n) is 14.1. The molecule has 57 heavy (non-hydrogen) atoms. The van der Waals surface area contributed by atoms with Crippen LogP contribution in [0.2, 0.25) is 0 Å². The minimum atomic E-state index is -1.37. The van der Waals surface area contributed by atoms with Crippen molar-refractivity contribution in [2.75, 3.05) is 20.8 Å². The lowest BCUT2D eigenvalue weighted by Crippen LogP contribution is -2.59. The molecule has 0 aliphatic carbocycles. The smallest absolute Gasteiger partial charge is 0.410 e. The lowest BCUT2D eigenvalue weighted by Gasteiger charge is -2.48. The highest BCUT2D eigenvalue weighted by atomic mass is 16.7. The number of carbonyl (C=O) groups is 3. The van der Waals surface area contributed by atoms with Gasteiger partial charge in [-0.1, -0.05) is 27.7 Å². The van der Waals surface area contributed by atoms with Crippen LogP contribution in [0.5, 0.6) is 0 Å². The van der Waals surface area contributed by atoms with Crippen molar-refractivity contribution in [1.29, 1.82) is 0 Å². The molecule has 0 radical (unpaired) electrons. The van der Waals surface area contributed by atoms with Gasteiger partial charge in [0, 0.05) is 69.7 Å². The molecule has 3 saturated heterocycles. The molecule has 0 saturated carbocycles. The van der Waals surface area contributed by atoms with Crippen LogP contribution in [-0.2, 0) is 44.6 Å². The van der Waals surface area contributed by atoms with Gasteiger partial charge < -0.3 is 43.0 Å². The Morgan fingerprint density at radius 3 is 2.33 bits per heavy atom. The molecule has 1 N–H and O–H groups in total. The number of pyridine rings is 1. The third-order valence-corrected chi connectivity index (χ3v) is 14.1. The molecule has 6 rings (SSSR count). The fraction of sp³-hybridized carbons (Fsp3) is 0.744. The summed E-state index contributed by atoms with van der Waals surface area (Å²) >= 11 is 0. The normalized spacial score (nSPS) is 40.8. The first-order chi connectivity index (χ1) is 26.9. The van der Waals surface area contributed by atoms with Gasteiger partial charge in [0.25, 0.3) is 0 Å². The molecule has 0 aromatic carbocycles. The average molecular weight is 797 g/mol. The molecule has 4 aliphatic heterocycles. The van der Waals surface area contributed by atoms with Crippen LogP contribution in [0.15, 0.2) is 31.0 Å². The third kappa shape index (κ3) is 8.01. The van der Waals surface area contributed by atoms with E-state index in [0.717, 1.165) is 17.7 Å². The maximum atomic E-state index is 15.4. The number of amides is 1. The number of aliphatic hydroxyl groups excluding tert-OH is 1. The predicted octanol–water partition coefficient (Wildman–Crippen LogP) is 5.93. The molecule has 2 aromatic heterocycles. The summed E-state index contributed by atoms with van der Waals surface area (Å²) in [7, 11) is 3.20. The highest BCUT2D eigenvalue weighted by Crippen LogP contribution is 2.46. The number of esters is 1. The van der Waals surface area contributed by atoms with Crippen LogP contribution in [0.4, 0.5) is 4.79 Å². The largest absolute Gasteiger partial charge is 0.458 e. The van der Waals surface area contributed by atoms with Gasteiger partial charge in [0.2, 0.25) is 0 Å². The van der Waals surface area contributed by atoms with Crippen LogP contribution in [0.1, 0.15) is 106 Å². The molecule has 6 bridgehead atoms. The van der Waals surface area contributed by atoms with E-state index in [4.69, 9.17) is 28.4 Å². The first-order valence-electron chi connectivity index (χ1n) is 20.7. The molecular weight excluding hydrogens is 732 g/mol. The van der Waals surface area contributed by atoms with Gasteiger partial charge in [-0.2, -0.15) is 0 Å². The second-order valence-corrected chi connectivity index (χ2v) is 17.7. The van der Waals surface area contributed by atoms with Crippen LogP contribution >= 0.6 is 0 Å². The number of hydrogen-bond acceptors (Lipinski definition) is 12. The summed E-state index contributed by atoms with van der Waals surface area (Å²) < 4.78 is 40.1. The molecule has 0 unspecified atom stereocenters.